The van der Waals surface area contributed by atoms with E-state index in [1.807, 2.05) is 39.0 Å². The summed E-state index contributed by atoms with van der Waals surface area (Å²) < 4.78 is 5.70. The Kier molecular flexibility index (Phi) is 4.54. The summed E-state index contributed by atoms with van der Waals surface area (Å²) in [6.07, 6.45) is 0.659. The lowest BCUT2D eigenvalue weighted by Crippen LogP contribution is -2.31. The molecule has 0 radical (unpaired) electrons. The molecule has 17 heavy (non-hydrogen) atoms. The van der Waals surface area contributed by atoms with Gasteiger partial charge in [0.15, 0.2) is 0 Å². The zero-order chi connectivity index (χ0) is 13.1. The second-order valence-corrected chi connectivity index (χ2v) is 4.97. The fourth-order valence-corrected chi connectivity index (χ4v) is 1.48. The van der Waals surface area contributed by atoms with Gasteiger partial charge in [0.1, 0.15) is 12.4 Å². The first-order valence-corrected chi connectivity index (χ1v) is 6.07. The highest BCUT2D eigenvalue weighted by molar-refractivity contribution is 5.39. The molecule has 1 aromatic rings. The number of rotatable bonds is 5. The van der Waals surface area contributed by atoms with Gasteiger partial charge in [-0.25, -0.2) is 0 Å². The molecule has 0 aliphatic carbocycles. The van der Waals surface area contributed by atoms with Crippen molar-refractivity contribution in [1.82, 2.24) is 0 Å². The van der Waals surface area contributed by atoms with Crippen molar-refractivity contribution in [2.45, 2.75) is 45.8 Å². The first-order valence-electron chi connectivity index (χ1n) is 6.07. The highest BCUT2D eigenvalue weighted by Crippen LogP contribution is 2.26. The van der Waals surface area contributed by atoms with Crippen molar-refractivity contribution >= 4 is 0 Å². The fourth-order valence-electron chi connectivity index (χ4n) is 1.48. The Morgan fingerprint density at radius 3 is 2.65 bits per heavy atom. The van der Waals surface area contributed by atoms with Gasteiger partial charge in [0.2, 0.25) is 0 Å². The minimum atomic E-state index is -0.793. The summed E-state index contributed by atoms with van der Waals surface area (Å²) in [5.74, 6) is 0.772. The molecule has 0 saturated heterocycles. The van der Waals surface area contributed by atoms with Crippen molar-refractivity contribution in [1.29, 1.82) is 0 Å². The molecule has 0 saturated carbocycles. The first-order chi connectivity index (χ1) is 7.85. The Bertz CT molecular complexity index is 372. The van der Waals surface area contributed by atoms with E-state index in [0.29, 0.717) is 6.42 Å². The molecular formula is C14H23NO2. The third-order valence-corrected chi connectivity index (χ3v) is 2.96. The summed E-state index contributed by atoms with van der Waals surface area (Å²) >= 11 is 0. The topological polar surface area (TPSA) is 55.5 Å². The van der Waals surface area contributed by atoms with Crippen molar-refractivity contribution in [3.8, 4) is 5.75 Å². The van der Waals surface area contributed by atoms with Gasteiger partial charge in [-0.05, 0) is 38.8 Å². The number of hydrogen-bond acceptors (Lipinski definition) is 3. The normalized spacial score (nSPS) is 16.4. The maximum atomic E-state index is 9.93. The van der Waals surface area contributed by atoms with Crippen molar-refractivity contribution in [2.24, 2.45) is 5.73 Å². The average molecular weight is 237 g/mol. The number of benzene rings is 1. The van der Waals surface area contributed by atoms with Crippen molar-refractivity contribution in [2.75, 3.05) is 6.61 Å². The smallest absolute Gasteiger partial charge is 0.124 e. The van der Waals surface area contributed by atoms with Crippen LogP contribution >= 0.6 is 0 Å². The van der Waals surface area contributed by atoms with Crippen LogP contribution in [0.15, 0.2) is 18.2 Å². The van der Waals surface area contributed by atoms with E-state index in [4.69, 9.17) is 10.5 Å². The molecule has 0 spiro atoms. The third kappa shape index (κ3) is 4.02. The van der Waals surface area contributed by atoms with Crippen LogP contribution < -0.4 is 10.5 Å². The summed E-state index contributed by atoms with van der Waals surface area (Å²) in [6.45, 7) is 7.93. The van der Waals surface area contributed by atoms with Crippen LogP contribution in [0.3, 0.4) is 0 Å². The van der Waals surface area contributed by atoms with Gasteiger partial charge < -0.3 is 15.6 Å². The predicted molar refractivity (Wildman–Crippen MR) is 70.2 cm³/mol. The van der Waals surface area contributed by atoms with Crippen LogP contribution in [0, 0.1) is 6.92 Å². The number of aliphatic hydroxyl groups is 1. The Morgan fingerprint density at radius 1 is 1.47 bits per heavy atom. The maximum Gasteiger partial charge on any atom is 0.124 e. The van der Waals surface area contributed by atoms with E-state index in [9.17, 15) is 5.11 Å². The summed E-state index contributed by atoms with van der Waals surface area (Å²) in [6, 6.07) is 5.89. The van der Waals surface area contributed by atoms with E-state index in [1.54, 1.807) is 6.92 Å². The number of hydrogen-bond donors (Lipinski definition) is 2. The quantitative estimate of drug-likeness (QED) is 0.827. The molecule has 1 rings (SSSR count). The zero-order valence-electron chi connectivity index (χ0n) is 11.2. The molecule has 2 atom stereocenters. The number of nitrogens with two attached hydrogens (primary N) is 1. The highest BCUT2D eigenvalue weighted by atomic mass is 16.5. The second kappa shape index (κ2) is 5.52. The Hall–Kier alpha value is -1.06. The SMILES string of the molecule is CCC(C)(O)COc1cc(C)ccc1[C@@H](C)N. The monoisotopic (exact) mass is 237 g/mol. The lowest BCUT2D eigenvalue weighted by molar-refractivity contribution is 0.00808. The molecule has 3 heteroatoms. The molecule has 0 aliphatic heterocycles. The van der Waals surface area contributed by atoms with Crippen LogP contribution in [0.5, 0.6) is 5.75 Å². The van der Waals surface area contributed by atoms with Crippen molar-refractivity contribution in [3.05, 3.63) is 29.3 Å². The zero-order valence-corrected chi connectivity index (χ0v) is 11.2. The molecule has 1 aromatic carbocycles. The van der Waals surface area contributed by atoms with Crippen LogP contribution in [-0.4, -0.2) is 17.3 Å². The minimum Gasteiger partial charge on any atom is -0.490 e. The van der Waals surface area contributed by atoms with Crippen LogP contribution in [0.1, 0.15) is 44.4 Å². The fraction of sp³-hybridized carbons (Fsp3) is 0.571. The van der Waals surface area contributed by atoms with Crippen LogP contribution in [0.25, 0.3) is 0 Å². The predicted octanol–water partition coefficient (Wildman–Crippen LogP) is 2.55. The van der Waals surface area contributed by atoms with E-state index < -0.39 is 5.60 Å². The average Bonchev–Trinajstić information content (AvgIpc) is 2.26. The molecule has 0 fully saturated rings. The van der Waals surface area contributed by atoms with Gasteiger partial charge in [-0.1, -0.05) is 19.1 Å². The molecule has 0 aromatic heterocycles. The molecule has 96 valence electrons. The molecule has 3 nitrogen and oxygen atoms in total. The summed E-state index contributed by atoms with van der Waals surface area (Å²) in [4.78, 5) is 0. The van der Waals surface area contributed by atoms with E-state index in [1.165, 1.54) is 0 Å². The molecule has 3 N–H and O–H groups in total. The second-order valence-electron chi connectivity index (χ2n) is 4.97. The standard InChI is InChI=1S/C14H23NO2/c1-5-14(4,16)9-17-13-8-10(2)6-7-12(13)11(3)15/h6-8,11,16H,5,9,15H2,1-4H3/t11-,14?/m1/s1. The van der Waals surface area contributed by atoms with Crippen LogP contribution in [-0.2, 0) is 0 Å². The first kappa shape index (κ1) is 14.0. The Morgan fingerprint density at radius 2 is 2.12 bits per heavy atom. The number of aryl methyl sites for hydroxylation is 1. The van der Waals surface area contributed by atoms with Crippen molar-refractivity contribution < 1.29 is 9.84 Å². The largest absolute Gasteiger partial charge is 0.490 e. The molecule has 0 amide bonds. The maximum absolute atomic E-state index is 9.93. The van der Waals surface area contributed by atoms with Gasteiger partial charge in [0.05, 0.1) is 5.60 Å². The van der Waals surface area contributed by atoms with Gasteiger partial charge in [0, 0.05) is 11.6 Å². The van der Waals surface area contributed by atoms with Gasteiger partial charge in [-0.2, -0.15) is 0 Å². The summed E-state index contributed by atoms with van der Waals surface area (Å²) in [7, 11) is 0. The van der Waals surface area contributed by atoms with Gasteiger partial charge in [-0.15, -0.1) is 0 Å². The molecule has 0 aliphatic rings. The Balaban J connectivity index is 2.85. The molecular weight excluding hydrogens is 214 g/mol. The van der Waals surface area contributed by atoms with E-state index in [0.717, 1.165) is 16.9 Å². The molecule has 0 heterocycles. The summed E-state index contributed by atoms with van der Waals surface area (Å²) in [5.41, 5.74) is 7.20. The highest BCUT2D eigenvalue weighted by Gasteiger charge is 2.19. The van der Waals surface area contributed by atoms with Crippen molar-refractivity contribution in [3.63, 3.8) is 0 Å². The lowest BCUT2D eigenvalue weighted by Gasteiger charge is -2.23. The Labute approximate surface area is 104 Å². The lowest BCUT2D eigenvalue weighted by atomic mass is 10.0. The van der Waals surface area contributed by atoms with E-state index in [2.05, 4.69) is 0 Å². The van der Waals surface area contributed by atoms with Gasteiger partial charge in [0.25, 0.3) is 0 Å². The van der Waals surface area contributed by atoms with E-state index in [-0.39, 0.29) is 12.6 Å². The van der Waals surface area contributed by atoms with Crippen LogP contribution in [0.4, 0.5) is 0 Å². The molecule has 1 unspecified atom stereocenters. The minimum absolute atomic E-state index is 0.0721. The van der Waals surface area contributed by atoms with Gasteiger partial charge >= 0.3 is 0 Å². The third-order valence-electron chi connectivity index (χ3n) is 2.96. The number of ether oxygens (including phenoxy) is 1. The summed E-state index contributed by atoms with van der Waals surface area (Å²) in [5, 5.41) is 9.93. The van der Waals surface area contributed by atoms with Gasteiger partial charge in [-0.3, -0.25) is 0 Å². The molecule has 0 bridgehead atoms. The van der Waals surface area contributed by atoms with Crippen LogP contribution in [0.2, 0.25) is 0 Å². The van der Waals surface area contributed by atoms with E-state index >= 15 is 0 Å².